The number of likely N-dealkylation sites (tertiary alicyclic amines) is 1. The summed E-state index contributed by atoms with van der Waals surface area (Å²) in [5.41, 5.74) is 1.23. The molecule has 1 aliphatic rings. The highest BCUT2D eigenvalue weighted by molar-refractivity contribution is 5.82. The van der Waals surface area contributed by atoms with Gasteiger partial charge in [0.15, 0.2) is 0 Å². The van der Waals surface area contributed by atoms with Crippen LogP contribution in [0.2, 0.25) is 0 Å². The Bertz CT molecular complexity index is 489. The van der Waals surface area contributed by atoms with Gasteiger partial charge in [0.05, 0.1) is 0 Å². The smallest absolute Gasteiger partial charge is 0.326 e. The quantitative estimate of drug-likeness (QED) is 0.918. The highest BCUT2D eigenvalue weighted by Gasteiger charge is 2.31. The van der Waals surface area contributed by atoms with E-state index in [4.69, 9.17) is 5.11 Å². The van der Waals surface area contributed by atoms with Crippen LogP contribution in [-0.2, 0) is 4.79 Å². The minimum atomic E-state index is -0.986. The van der Waals surface area contributed by atoms with Crippen molar-refractivity contribution in [2.24, 2.45) is 0 Å². The zero-order valence-electron chi connectivity index (χ0n) is 11.8. The molecular formula is C15H20N2O3. The molecule has 1 N–H and O–H groups in total. The minimum absolute atomic E-state index is 0.210. The average Bonchev–Trinajstić information content (AvgIpc) is 2.95. The zero-order valence-corrected chi connectivity index (χ0v) is 11.8. The lowest BCUT2D eigenvalue weighted by Gasteiger charge is -2.27. The highest BCUT2D eigenvalue weighted by Crippen LogP contribution is 2.27. The van der Waals surface area contributed by atoms with Gasteiger partial charge >= 0.3 is 12.0 Å². The van der Waals surface area contributed by atoms with E-state index >= 15 is 0 Å². The first-order valence-electron chi connectivity index (χ1n) is 6.80. The topological polar surface area (TPSA) is 60.9 Å². The molecule has 1 aliphatic heterocycles. The van der Waals surface area contributed by atoms with Crippen molar-refractivity contribution < 1.29 is 14.7 Å². The number of nitrogens with zero attached hydrogens (tertiary/aromatic N) is 2. The van der Waals surface area contributed by atoms with Gasteiger partial charge < -0.3 is 14.9 Å². The summed E-state index contributed by atoms with van der Waals surface area (Å²) in [6.45, 7) is 2.85. The summed E-state index contributed by atoms with van der Waals surface area (Å²) in [5, 5.41) is 8.96. The molecule has 0 aliphatic carbocycles. The minimum Gasteiger partial charge on any atom is -0.480 e. The van der Waals surface area contributed by atoms with E-state index in [1.54, 1.807) is 4.90 Å². The van der Waals surface area contributed by atoms with Gasteiger partial charge in [0.1, 0.15) is 6.04 Å². The van der Waals surface area contributed by atoms with Crippen molar-refractivity contribution in [3.8, 4) is 0 Å². The Kier molecular flexibility index (Phi) is 4.27. The van der Waals surface area contributed by atoms with Crippen LogP contribution in [0, 0.1) is 0 Å². The second-order valence-corrected chi connectivity index (χ2v) is 5.25. The van der Waals surface area contributed by atoms with Gasteiger partial charge in [-0.3, -0.25) is 0 Å². The Balaban J connectivity index is 1.99. The van der Waals surface area contributed by atoms with Crippen molar-refractivity contribution in [3.05, 3.63) is 35.9 Å². The van der Waals surface area contributed by atoms with E-state index in [-0.39, 0.29) is 6.03 Å². The van der Waals surface area contributed by atoms with Crippen LogP contribution >= 0.6 is 0 Å². The van der Waals surface area contributed by atoms with Crippen molar-refractivity contribution in [2.45, 2.75) is 25.3 Å². The van der Waals surface area contributed by atoms with Gasteiger partial charge in [-0.25, -0.2) is 9.59 Å². The molecule has 2 rings (SSSR count). The molecule has 0 radical (unpaired) electrons. The second-order valence-electron chi connectivity index (χ2n) is 5.25. The lowest BCUT2D eigenvalue weighted by atomic mass is 9.99. The number of benzene rings is 1. The van der Waals surface area contributed by atoms with E-state index in [9.17, 15) is 9.59 Å². The normalized spacial score (nSPS) is 19.7. The summed E-state index contributed by atoms with van der Waals surface area (Å²) in [5.74, 6) is -0.645. The third kappa shape index (κ3) is 2.92. The summed E-state index contributed by atoms with van der Waals surface area (Å²) in [6.07, 6.45) is 0.922. The van der Waals surface area contributed by atoms with Gasteiger partial charge in [-0.2, -0.15) is 0 Å². The number of aliphatic carboxylic acids is 1. The van der Waals surface area contributed by atoms with Crippen molar-refractivity contribution in [2.75, 3.05) is 20.1 Å². The molecule has 0 bridgehead atoms. The molecule has 0 spiro atoms. The van der Waals surface area contributed by atoms with E-state index < -0.39 is 12.0 Å². The third-order valence-electron chi connectivity index (χ3n) is 3.97. The molecule has 1 fully saturated rings. The Morgan fingerprint density at radius 2 is 2.00 bits per heavy atom. The molecule has 2 amide bonds. The number of carboxylic acid groups (broad SMARTS) is 1. The molecular weight excluding hydrogens is 256 g/mol. The van der Waals surface area contributed by atoms with Crippen LogP contribution < -0.4 is 0 Å². The summed E-state index contributed by atoms with van der Waals surface area (Å²) in [7, 11) is 1.54. The first kappa shape index (κ1) is 14.4. The van der Waals surface area contributed by atoms with Gasteiger partial charge in [-0.15, -0.1) is 0 Å². The molecule has 1 saturated heterocycles. The molecule has 20 heavy (non-hydrogen) atoms. The Labute approximate surface area is 118 Å². The lowest BCUT2D eigenvalue weighted by Crippen LogP contribution is -2.47. The van der Waals surface area contributed by atoms with Crippen LogP contribution in [0.4, 0.5) is 4.79 Å². The van der Waals surface area contributed by atoms with Crippen molar-refractivity contribution in [1.82, 2.24) is 9.80 Å². The number of rotatable bonds is 3. The van der Waals surface area contributed by atoms with Crippen molar-refractivity contribution in [1.29, 1.82) is 0 Å². The summed E-state index contributed by atoms with van der Waals surface area (Å²) in [6, 6.07) is 9.10. The molecule has 2 unspecified atom stereocenters. The van der Waals surface area contributed by atoms with Gasteiger partial charge in [0, 0.05) is 26.1 Å². The predicted octanol–water partition coefficient (Wildman–Crippen LogP) is 2.00. The molecule has 0 aromatic heterocycles. The van der Waals surface area contributed by atoms with Gasteiger partial charge in [0.2, 0.25) is 0 Å². The maximum absolute atomic E-state index is 12.3. The number of urea groups is 1. The Morgan fingerprint density at radius 1 is 1.35 bits per heavy atom. The van der Waals surface area contributed by atoms with E-state index in [0.29, 0.717) is 19.0 Å². The van der Waals surface area contributed by atoms with Crippen LogP contribution in [-0.4, -0.2) is 53.1 Å². The largest absolute Gasteiger partial charge is 0.480 e. The lowest BCUT2D eigenvalue weighted by molar-refractivity contribution is -0.141. The number of amides is 2. The Hall–Kier alpha value is -2.04. The molecule has 1 aromatic carbocycles. The van der Waals surface area contributed by atoms with Gasteiger partial charge in [-0.05, 0) is 18.9 Å². The standard InChI is InChI=1S/C15H20N2O3/c1-11(14(18)19)16(2)15(20)17-9-8-13(10-17)12-6-4-3-5-7-12/h3-7,11,13H,8-10H2,1-2H3,(H,18,19). The first-order valence-corrected chi connectivity index (χ1v) is 6.80. The van der Waals surface area contributed by atoms with Crippen LogP contribution in [0.1, 0.15) is 24.8 Å². The molecule has 5 heteroatoms. The summed E-state index contributed by atoms with van der Waals surface area (Å²) < 4.78 is 0. The number of carboxylic acids is 1. The van der Waals surface area contributed by atoms with Crippen molar-refractivity contribution in [3.63, 3.8) is 0 Å². The number of hydrogen-bond donors (Lipinski definition) is 1. The predicted molar refractivity (Wildman–Crippen MR) is 75.6 cm³/mol. The summed E-state index contributed by atoms with van der Waals surface area (Å²) >= 11 is 0. The second kappa shape index (κ2) is 5.94. The fourth-order valence-electron chi connectivity index (χ4n) is 2.49. The molecule has 1 aromatic rings. The fraction of sp³-hybridized carbons (Fsp3) is 0.467. The third-order valence-corrected chi connectivity index (χ3v) is 3.97. The number of hydrogen-bond acceptors (Lipinski definition) is 2. The fourth-order valence-corrected chi connectivity index (χ4v) is 2.49. The van der Waals surface area contributed by atoms with Crippen LogP contribution in [0.3, 0.4) is 0 Å². The molecule has 1 heterocycles. The van der Waals surface area contributed by atoms with E-state index in [1.165, 1.54) is 24.4 Å². The maximum atomic E-state index is 12.3. The molecule has 108 valence electrons. The van der Waals surface area contributed by atoms with Crippen LogP contribution in [0.15, 0.2) is 30.3 Å². The molecule has 2 atom stereocenters. The number of likely N-dealkylation sites (N-methyl/N-ethyl adjacent to an activating group) is 1. The molecule has 0 saturated carbocycles. The Morgan fingerprint density at radius 3 is 2.60 bits per heavy atom. The first-order chi connectivity index (χ1) is 9.50. The van der Waals surface area contributed by atoms with E-state index in [2.05, 4.69) is 12.1 Å². The zero-order chi connectivity index (χ0) is 14.7. The average molecular weight is 276 g/mol. The SMILES string of the molecule is CC(C(=O)O)N(C)C(=O)N1CCC(c2ccccc2)C1. The number of carbonyl (C=O) groups is 2. The van der Waals surface area contributed by atoms with Crippen molar-refractivity contribution >= 4 is 12.0 Å². The van der Waals surface area contributed by atoms with Gasteiger partial charge in [-0.1, -0.05) is 30.3 Å². The monoisotopic (exact) mass is 276 g/mol. The molecule has 5 nitrogen and oxygen atoms in total. The highest BCUT2D eigenvalue weighted by atomic mass is 16.4. The van der Waals surface area contributed by atoms with E-state index in [0.717, 1.165) is 6.42 Å². The van der Waals surface area contributed by atoms with E-state index in [1.807, 2.05) is 18.2 Å². The van der Waals surface area contributed by atoms with Crippen LogP contribution in [0.5, 0.6) is 0 Å². The maximum Gasteiger partial charge on any atom is 0.326 e. The number of carbonyl (C=O) groups excluding carboxylic acids is 1. The summed E-state index contributed by atoms with van der Waals surface area (Å²) in [4.78, 5) is 26.2. The van der Waals surface area contributed by atoms with Crippen LogP contribution in [0.25, 0.3) is 0 Å². The van der Waals surface area contributed by atoms with Gasteiger partial charge in [0.25, 0.3) is 0 Å².